The van der Waals surface area contributed by atoms with E-state index in [2.05, 4.69) is 0 Å². The van der Waals surface area contributed by atoms with Crippen molar-refractivity contribution < 1.29 is 13.9 Å². The fourth-order valence-corrected chi connectivity index (χ4v) is 1.63. The van der Waals surface area contributed by atoms with E-state index in [9.17, 15) is 13.6 Å². The monoisotopic (exact) mass is 251 g/mol. The molecule has 0 radical (unpaired) electrons. The maximum absolute atomic E-state index is 13.6. The van der Waals surface area contributed by atoms with Gasteiger partial charge in [0, 0.05) is 17.8 Å². The molecule has 1 aromatic heterocycles. The predicted octanol–water partition coefficient (Wildman–Crippen LogP) is 1.67. The summed E-state index contributed by atoms with van der Waals surface area (Å²) in [5.41, 5.74) is 0.310. The zero-order valence-corrected chi connectivity index (χ0v) is 9.44. The van der Waals surface area contributed by atoms with Crippen molar-refractivity contribution in [2.75, 3.05) is 0 Å². The van der Waals surface area contributed by atoms with Gasteiger partial charge in [0.15, 0.2) is 0 Å². The first-order chi connectivity index (χ1) is 8.60. The Hall–Kier alpha value is -2.01. The molecule has 5 heteroatoms. The molecular formula is C13H11F2NO2. The van der Waals surface area contributed by atoms with Crippen molar-refractivity contribution >= 4 is 0 Å². The standard InChI is InChI=1S/C13H11F2NO2/c14-11-3-4-13(18)16(7-11)6-10-2-1-9(8-17)5-12(10)15/h1-5,7,17H,6,8H2. The number of aromatic nitrogens is 1. The molecule has 0 spiro atoms. The Labute approximate surface area is 102 Å². The third-order valence-corrected chi connectivity index (χ3v) is 2.59. The van der Waals surface area contributed by atoms with Crippen LogP contribution in [0.15, 0.2) is 41.3 Å². The average molecular weight is 251 g/mol. The van der Waals surface area contributed by atoms with Crippen LogP contribution in [0.25, 0.3) is 0 Å². The first kappa shape index (κ1) is 12.4. The van der Waals surface area contributed by atoms with Crippen molar-refractivity contribution in [3.8, 4) is 0 Å². The fourth-order valence-electron chi connectivity index (χ4n) is 1.63. The van der Waals surface area contributed by atoms with Crippen LogP contribution in [-0.2, 0) is 13.2 Å². The van der Waals surface area contributed by atoms with E-state index in [-0.39, 0.29) is 18.7 Å². The van der Waals surface area contributed by atoms with Gasteiger partial charge in [-0.25, -0.2) is 8.78 Å². The molecule has 0 unspecified atom stereocenters. The fraction of sp³-hybridized carbons (Fsp3) is 0.154. The van der Waals surface area contributed by atoms with Crippen molar-refractivity contribution in [2.24, 2.45) is 0 Å². The number of hydrogen-bond donors (Lipinski definition) is 1. The van der Waals surface area contributed by atoms with E-state index < -0.39 is 17.2 Å². The van der Waals surface area contributed by atoms with Crippen molar-refractivity contribution in [2.45, 2.75) is 13.2 Å². The highest BCUT2D eigenvalue weighted by Gasteiger charge is 2.06. The number of nitrogens with zero attached hydrogens (tertiary/aromatic N) is 1. The highest BCUT2D eigenvalue weighted by atomic mass is 19.1. The largest absolute Gasteiger partial charge is 0.392 e. The molecule has 0 aliphatic rings. The topological polar surface area (TPSA) is 42.2 Å². The third kappa shape index (κ3) is 2.62. The van der Waals surface area contributed by atoms with Crippen LogP contribution in [-0.4, -0.2) is 9.67 Å². The lowest BCUT2D eigenvalue weighted by Crippen LogP contribution is -2.20. The van der Waals surface area contributed by atoms with Crippen LogP contribution in [0.1, 0.15) is 11.1 Å². The molecular weight excluding hydrogens is 240 g/mol. The molecule has 0 aliphatic carbocycles. The summed E-state index contributed by atoms with van der Waals surface area (Å²) in [5.74, 6) is -1.08. The lowest BCUT2D eigenvalue weighted by molar-refractivity contribution is 0.281. The van der Waals surface area contributed by atoms with Gasteiger partial charge < -0.3 is 9.67 Å². The minimum absolute atomic E-state index is 0.0475. The van der Waals surface area contributed by atoms with Crippen molar-refractivity contribution in [3.05, 3.63) is 69.6 Å². The zero-order chi connectivity index (χ0) is 13.1. The molecule has 18 heavy (non-hydrogen) atoms. The first-order valence-electron chi connectivity index (χ1n) is 5.34. The molecule has 0 saturated carbocycles. The summed E-state index contributed by atoms with van der Waals surface area (Å²) in [6.07, 6.45) is 1.03. The molecule has 0 saturated heterocycles. The molecule has 0 atom stereocenters. The van der Waals surface area contributed by atoms with Gasteiger partial charge in [-0.05, 0) is 17.7 Å². The average Bonchev–Trinajstić information content (AvgIpc) is 2.36. The Morgan fingerprint density at radius 1 is 1.17 bits per heavy atom. The van der Waals surface area contributed by atoms with Gasteiger partial charge in [0.25, 0.3) is 5.56 Å². The summed E-state index contributed by atoms with van der Waals surface area (Å²) in [6, 6.07) is 6.38. The minimum Gasteiger partial charge on any atom is -0.392 e. The Balaban J connectivity index is 2.34. The van der Waals surface area contributed by atoms with Crippen LogP contribution in [0.2, 0.25) is 0 Å². The van der Waals surface area contributed by atoms with Crippen LogP contribution in [0.3, 0.4) is 0 Å². The summed E-state index contributed by atoms with van der Waals surface area (Å²) in [5, 5.41) is 8.85. The molecule has 3 nitrogen and oxygen atoms in total. The Morgan fingerprint density at radius 2 is 1.94 bits per heavy atom. The second kappa shape index (κ2) is 5.10. The smallest absolute Gasteiger partial charge is 0.251 e. The lowest BCUT2D eigenvalue weighted by atomic mass is 10.1. The molecule has 0 bridgehead atoms. The summed E-state index contributed by atoms with van der Waals surface area (Å²) in [7, 11) is 0. The van der Waals surface area contributed by atoms with Crippen LogP contribution < -0.4 is 5.56 Å². The third-order valence-electron chi connectivity index (χ3n) is 2.59. The number of aliphatic hydroxyl groups excluding tert-OH is 1. The molecule has 0 aliphatic heterocycles. The summed E-state index contributed by atoms with van der Waals surface area (Å²) >= 11 is 0. The molecule has 2 aromatic rings. The molecule has 0 fully saturated rings. The minimum atomic E-state index is -0.554. The summed E-state index contributed by atoms with van der Waals surface area (Å²) < 4.78 is 27.7. The van der Waals surface area contributed by atoms with Gasteiger partial charge in [-0.2, -0.15) is 0 Å². The van der Waals surface area contributed by atoms with E-state index in [0.29, 0.717) is 5.56 Å². The van der Waals surface area contributed by atoms with E-state index in [4.69, 9.17) is 5.11 Å². The predicted molar refractivity (Wildman–Crippen MR) is 62.1 cm³/mol. The zero-order valence-electron chi connectivity index (χ0n) is 9.44. The Bertz CT molecular complexity index is 623. The van der Waals surface area contributed by atoms with Gasteiger partial charge in [0.1, 0.15) is 11.6 Å². The Morgan fingerprint density at radius 3 is 2.61 bits per heavy atom. The van der Waals surface area contributed by atoms with Gasteiger partial charge >= 0.3 is 0 Å². The maximum Gasteiger partial charge on any atom is 0.251 e. The normalized spacial score (nSPS) is 10.6. The van der Waals surface area contributed by atoms with Crippen molar-refractivity contribution in [1.82, 2.24) is 4.57 Å². The van der Waals surface area contributed by atoms with E-state index >= 15 is 0 Å². The van der Waals surface area contributed by atoms with Gasteiger partial charge in [0.05, 0.1) is 13.2 Å². The maximum atomic E-state index is 13.6. The summed E-state index contributed by atoms with van der Waals surface area (Å²) in [6.45, 7) is -0.300. The summed E-state index contributed by atoms with van der Waals surface area (Å²) in [4.78, 5) is 11.4. The number of halogens is 2. The van der Waals surface area contributed by atoms with Crippen molar-refractivity contribution in [3.63, 3.8) is 0 Å². The highest BCUT2D eigenvalue weighted by molar-refractivity contribution is 5.24. The van der Waals surface area contributed by atoms with E-state index in [1.807, 2.05) is 0 Å². The molecule has 2 rings (SSSR count). The first-order valence-corrected chi connectivity index (χ1v) is 5.34. The molecule has 94 valence electrons. The number of pyridine rings is 1. The number of aliphatic hydroxyl groups is 1. The van der Waals surface area contributed by atoms with E-state index in [1.165, 1.54) is 12.1 Å². The highest BCUT2D eigenvalue weighted by Crippen LogP contribution is 2.11. The quantitative estimate of drug-likeness (QED) is 0.901. The van der Waals surface area contributed by atoms with Crippen LogP contribution in [0, 0.1) is 11.6 Å². The van der Waals surface area contributed by atoms with Crippen LogP contribution >= 0.6 is 0 Å². The Kier molecular flexibility index (Phi) is 3.53. The van der Waals surface area contributed by atoms with Crippen molar-refractivity contribution in [1.29, 1.82) is 0 Å². The molecule has 1 heterocycles. The molecule has 1 N–H and O–H groups in total. The van der Waals surface area contributed by atoms with E-state index in [1.54, 1.807) is 6.07 Å². The second-order valence-electron chi connectivity index (χ2n) is 3.90. The number of hydrogen-bond acceptors (Lipinski definition) is 2. The van der Waals surface area contributed by atoms with Gasteiger partial charge in [-0.3, -0.25) is 4.79 Å². The SMILES string of the molecule is O=c1ccc(F)cn1Cc1ccc(CO)cc1F. The van der Waals surface area contributed by atoms with E-state index in [0.717, 1.165) is 22.9 Å². The molecule has 0 amide bonds. The lowest BCUT2D eigenvalue weighted by Gasteiger charge is -2.07. The van der Waals surface area contributed by atoms with Crippen LogP contribution in [0.5, 0.6) is 0 Å². The van der Waals surface area contributed by atoms with Gasteiger partial charge in [-0.15, -0.1) is 0 Å². The van der Waals surface area contributed by atoms with Gasteiger partial charge in [0.2, 0.25) is 0 Å². The number of rotatable bonds is 3. The molecule has 1 aromatic carbocycles. The second-order valence-corrected chi connectivity index (χ2v) is 3.90. The number of benzene rings is 1. The van der Waals surface area contributed by atoms with Gasteiger partial charge in [-0.1, -0.05) is 12.1 Å². The van der Waals surface area contributed by atoms with Crippen LogP contribution in [0.4, 0.5) is 8.78 Å².